The van der Waals surface area contributed by atoms with Gasteiger partial charge in [-0.2, -0.15) is 8.42 Å². The normalized spacial score (nSPS) is 11.1. The van der Waals surface area contributed by atoms with Gasteiger partial charge in [0.05, 0.1) is 4.90 Å². The molecule has 5 heteroatoms. The molecule has 0 aliphatic carbocycles. The van der Waals surface area contributed by atoms with Gasteiger partial charge in [0.2, 0.25) is 0 Å². The summed E-state index contributed by atoms with van der Waals surface area (Å²) in [5.74, 6) is 0. The Morgan fingerprint density at radius 2 is 1.32 bits per heavy atom. The number of hydrogen-bond donors (Lipinski definition) is 1. The summed E-state index contributed by atoms with van der Waals surface area (Å²) in [5, 5.41) is 0. The summed E-state index contributed by atoms with van der Waals surface area (Å²) < 4.78 is 29.7. The highest BCUT2D eigenvalue weighted by molar-refractivity contribution is 7.85. The summed E-state index contributed by atoms with van der Waals surface area (Å²) in [7, 11) is -4.06. The lowest BCUT2D eigenvalue weighted by molar-refractivity contribution is 0.261. The first-order valence-electron chi connectivity index (χ1n) is 9.31. The van der Waals surface area contributed by atoms with Crippen LogP contribution in [0.5, 0.6) is 0 Å². The van der Waals surface area contributed by atoms with Crippen LogP contribution < -0.4 is 0 Å². The molecule has 0 saturated heterocycles. The standard InChI is InChI=1S/C12H27N.C8H8O3S/c1-4-7-10-13(11-8-5-2)12-9-6-3;1-2-7-3-5-8(6-4-7)12(9,10)11/h4-12H2,1-3H3;2-6H,1H2,(H,9,10,11). The largest absolute Gasteiger partial charge is 0.303 e. The third kappa shape index (κ3) is 11.9. The molecule has 0 amide bonds. The van der Waals surface area contributed by atoms with E-state index in [1.165, 1.54) is 70.3 Å². The molecule has 4 nitrogen and oxygen atoms in total. The summed E-state index contributed by atoms with van der Waals surface area (Å²) >= 11 is 0. The Morgan fingerprint density at radius 3 is 1.60 bits per heavy atom. The van der Waals surface area contributed by atoms with Crippen LogP contribution in [0.2, 0.25) is 0 Å². The van der Waals surface area contributed by atoms with E-state index in [2.05, 4.69) is 32.3 Å². The van der Waals surface area contributed by atoms with Gasteiger partial charge in [-0.1, -0.05) is 64.8 Å². The minimum atomic E-state index is -4.06. The van der Waals surface area contributed by atoms with E-state index in [4.69, 9.17) is 4.55 Å². The minimum absolute atomic E-state index is 0.104. The second-order valence-electron chi connectivity index (χ2n) is 6.15. The highest BCUT2D eigenvalue weighted by Gasteiger charge is 2.07. The average molecular weight is 370 g/mol. The molecule has 0 fully saturated rings. The fraction of sp³-hybridized carbons (Fsp3) is 0.600. The molecule has 144 valence electrons. The van der Waals surface area contributed by atoms with Gasteiger partial charge in [-0.15, -0.1) is 0 Å². The van der Waals surface area contributed by atoms with Crippen LogP contribution in [-0.4, -0.2) is 37.5 Å². The number of benzene rings is 1. The highest BCUT2D eigenvalue weighted by Crippen LogP contribution is 2.10. The monoisotopic (exact) mass is 369 g/mol. The zero-order valence-electron chi connectivity index (χ0n) is 16.1. The molecule has 0 saturated carbocycles. The maximum Gasteiger partial charge on any atom is 0.294 e. The van der Waals surface area contributed by atoms with Crippen molar-refractivity contribution in [1.29, 1.82) is 0 Å². The first kappa shape index (κ1) is 23.8. The van der Waals surface area contributed by atoms with Crippen molar-refractivity contribution in [3.63, 3.8) is 0 Å². The molecule has 1 aromatic rings. The lowest BCUT2D eigenvalue weighted by atomic mass is 10.2. The topological polar surface area (TPSA) is 57.6 Å². The van der Waals surface area contributed by atoms with Crippen molar-refractivity contribution < 1.29 is 13.0 Å². The zero-order chi connectivity index (χ0) is 19.1. The van der Waals surface area contributed by atoms with Crippen LogP contribution in [0.3, 0.4) is 0 Å². The van der Waals surface area contributed by atoms with E-state index in [9.17, 15) is 8.42 Å². The number of unbranched alkanes of at least 4 members (excludes halogenated alkanes) is 3. The highest BCUT2D eigenvalue weighted by atomic mass is 32.2. The van der Waals surface area contributed by atoms with Gasteiger partial charge in [-0.3, -0.25) is 4.55 Å². The average Bonchev–Trinajstić information content (AvgIpc) is 2.61. The molecule has 0 radical (unpaired) electrons. The van der Waals surface area contributed by atoms with Gasteiger partial charge >= 0.3 is 0 Å². The van der Waals surface area contributed by atoms with E-state index in [-0.39, 0.29) is 4.90 Å². The smallest absolute Gasteiger partial charge is 0.294 e. The van der Waals surface area contributed by atoms with E-state index in [1.54, 1.807) is 18.2 Å². The molecule has 0 aromatic heterocycles. The van der Waals surface area contributed by atoms with E-state index in [1.807, 2.05) is 0 Å². The van der Waals surface area contributed by atoms with Crippen LogP contribution in [0.15, 0.2) is 35.7 Å². The second-order valence-corrected chi connectivity index (χ2v) is 7.57. The van der Waals surface area contributed by atoms with Crippen molar-refractivity contribution in [3.8, 4) is 0 Å². The molecular weight excluding hydrogens is 334 g/mol. The fourth-order valence-corrected chi connectivity index (χ4v) is 2.74. The molecule has 1 N–H and O–H groups in total. The molecule has 0 unspecified atom stereocenters. The van der Waals surface area contributed by atoms with Crippen molar-refractivity contribution in [2.45, 2.75) is 64.2 Å². The van der Waals surface area contributed by atoms with Crippen LogP contribution in [0.25, 0.3) is 6.08 Å². The van der Waals surface area contributed by atoms with Crippen molar-refractivity contribution in [2.75, 3.05) is 19.6 Å². The Hall–Kier alpha value is -1.17. The Labute approximate surface area is 154 Å². The van der Waals surface area contributed by atoms with E-state index < -0.39 is 10.1 Å². The van der Waals surface area contributed by atoms with Gasteiger partial charge < -0.3 is 4.90 Å². The van der Waals surface area contributed by atoms with Crippen LogP contribution in [0.4, 0.5) is 0 Å². The predicted octanol–water partition coefficient (Wildman–Crippen LogP) is 5.27. The van der Waals surface area contributed by atoms with Gasteiger partial charge in [0, 0.05) is 0 Å². The van der Waals surface area contributed by atoms with Crippen LogP contribution in [-0.2, 0) is 10.1 Å². The number of rotatable bonds is 11. The Bertz CT molecular complexity index is 534. The number of nitrogens with zero attached hydrogens (tertiary/aromatic N) is 1. The zero-order valence-corrected chi connectivity index (χ0v) is 16.9. The van der Waals surface area contributed by atoms with Crippen molar-refractivity contribution in [3.05, 3.63) is 36.4 Å². The lowest BCUT2D eigenvalue weighted by Gasteiger charge is -2.21. The molecule has 1 rings (SSSR count). The maximum atomic E-state index is 10.6. The minimum Gasteiger partial charge on any atom is -0.303 e. The molecule has 0 aliphatic heterocycles. The maximum absolute atomic E-state index is 10.6. The van der Waals surface area contributed by atoms with Crippen LogP contribution >= 0.6 is 0 Å². The van der Waals surface area contributed by atoms with Crippen molar-refractivity contribution >= 4 is 16.2 Å². The Morgan fingerprint density at radius 1 is 0.920 bits per heavy atom. The van der Waals surface area contributed by atoms with Gasteiger partial charge in [-0.25, -0.2) is 0 Å². The SMILES string of the molecule is C=Cc1ccc(S(=O)(=O)O)cc1.CCCCN(CCCC)CCCC. The molecule has 0 atom stereocenters. The summed E-state index contributed by atoms with van der Waals surface area (Å²) in [4.78, 5) is 2.53. The van der Waals surface area contributed by atoms with Gasteiger partial charge in [0.25, 0.3) is 10.1 Å². The summed E-state index contributed by atoms with van der Waals surface area (Å²) in [6.07, 6.45) is 9.68. The van der Waals surface area contributed by atoms with Crippen molar-refractivity contribution in [2.24, 2.45) is 0 Å². The molecule has 1 aromatic carbocycles. The third-order valence-corrected chi connectivity index (χ3v) is 4.77. The quantitative estimate of drug-likeness (QED) is 0.540. The Balaban J connectivity index is 0.000000462. The molecule has 0 aliphatic rings. The fourth-order valence-electron chi connectivity index (χ4n) is 2.26. The number of hydrogen-bond acceptors (Lipinski definition) is 3. The lowest BCUT2D eigenvalue weighted by Crippen LogP contribution is -2.27. The van der Waals surface area contributed by atoms with Crippen molar-refractivity contribution in [1.82, 2.24) is 4.90 Å². The van der Waals surface area contributed by atoms with E-state index in [0.717, 1.165) is 5.56 Å². The second kappa shape index (κ2) is 14.0. The van der Waals surface area contributed by atoms with E-state index >= 15 is 0 Å². The third-order valence-electron chi connectivity index (χ3n) is 3.90. The summed E-state index contributed by atoms with van der Waals surface area (Å²) in [6, 6.07) is 5.78. The van der Waals surface area contributed by atoms with Gasteiger partial charge in [-0.05, 0) is 56.6 Å². The summed E-state index contributed by atoms with van der Waals surface area (Å²) in [5.41, 5.74) is 0.808. The predicted molar refractivity (Wildman–Crippen MR) is 108 cm³/mol. The summed E-state index contributed by atoms with van der Waals surface area (Å²) in [6.45, 7) is 14.3. The van der Waals surface area contributed by atoms with Gasteiger partial charge in [0.15, 0.2) is 0 Å². The first-order valence-corrected chi connectivity index (χ1v) is 10.7. The van der Waals surface area contributed by atoms with Crippen LogP contribution in [0.1, 0.15) is 64.9 Å². The Kier molecular flexibility index (Phi) is 13.4. The molecular formula is C20H35NO3S. The molecule has 0 spiro atoms. The molecule has 25 heavy (non-hydrogen) atoms. The first-order chi connectivity index (χ1) is 11.9. The molecule has 0 bridgehead atoms. The van der Waals surface area contributed by atoms with Crippen LogP contribution in [0, 0.1) is 0 Å². The van der Waals surface area contributed by atoms with Gasteiger partial charge in [0.1, 0.15) is 0 Å². The molecule has 0 heterocycles. The van der Waals surface area contributed by atoms with E-state index in [0.29, 0.717) is 0 Å².